The van der Waals surface area contributed by atoms with Gasteiger partial charge in [0.2, 0.25) is 0 Å². The zero-order valence-electron chi connectivity index (χ0n) is 15.3. The number of para-hydroxylation sites is 1. The average molecular weight is 356 g/mol. The van der Waals surface area contributed by atoms with Gasteiger partial charge in [0.1, 0.15) is 5.75 Å². The Labute approximate surface area is 153 Å². The summed E-state index contributed by atoms with van der Waals surface area (Å²) in [4.78, 5) is 11.9. The van der Waals surface area contributed by atoms with Crippen LogP contribution in [-0.4, -0.2) is 23.7 Å². The van der Waals surface area contributed by atoms with Crippen LogP contribution in [0.3, 0.4) is 0 Å². The fourth-order valence-electron chi connectivity index (χ4n) is 2.18. The van der Waals surface area contributed by atoms with E-state index in [-0.39, 0.29) is 12.2 Å². The highest BCUT2D eigenvalue weighted by molar-refractivity contribution is 5.87. The molecule has 0 aliphatic heterocycles. The first-order chi connectivity index (χ1) is 12.2. The SMILES string of the molecule is C=C(C)C(=O)OC(O)(COC(C)(C)c1ccccc1)Oc1ccccc1. The molecule has 0 bridgehead atoms. The molecule has 138 valence electrons. The topological polar surface area (TPSA) is 65.0 Å². The van der Waals surface area contributed by atoms with Crippen LogP contribution in [0, 0.1) is 0 Å². The van der Waals surface area contributed by atoms with Gasteiger partial charge < -0.3 is 19.3 Å². The monoisotopic (exact) mass is 356 g/mol. The number of benzene rings is 2. The van der Waals surface area contributed by atoms with E-state index in [9.17, 15) is 9.90 Å². The first kappa shape index (κ1) is 19.7. The van der Waals surface area contributed by atoms with E-state index in [1.165, 1.54) is 6.92 Å². The predicted octanol–water partition coefficient (Wildman–Crippen LogP) is 3.78. The van der Waals surface area contributed by atoms with E-state index in [2.05, 4.69) is 6.58 Å². The summed E-state index contributed by atoms with van der Waals surface area (Å²) in [6.45, 7) is 8.33. The van der Waals surface area contributed by atoms with Crippen LogP contribution in [0.2, 0.25) is 0 Å². The third-order valence-corrected chi connectivity index (χ3v) is 3.71. The molecule has 0 aliphatic rings. The molecule has 2 aromatic carbocycles. The maximum Gasteiger partial charge on any atom is 0.396 e. The zero-order valence-corrected chi connectivity index (χ0v) is 15.3. The van der Waals surface area contributed by atoms with Crippen LogP contribution >= 0.6 is 0 Å². The smallest absolute Gasteiger partial charge is 0.396 e. The Balaban J connectivity index is 2.17. The van der Waals surface area contributed by atoms with E-state index in [0.29, 0.717) is 5.75 Å². The fourth-order valence-corrected chi connectivity index (χ4v) is 2.18. The molecule has 1 unspecified atom stereocenters. The van der Waals surface area contributed by atoms with Gasteiger partial charge in [-0.2, -0.15) is 0 Å². The fraction of sp³-hybridized carbons (Fsp3) is 0.286. The second-order valence-electron chi connectivity index (χ2n) is 6.46. The number of hydrogen-bond donors (Lipinski definition) is 1. The summed E-state index contributed by atoms with van der Waals surface area (Å²) < 4.78 is 16.5. The van der Waals surface area contributed by atoms with Crippen LogP contribution in [0.15, 0.2) is 72.8 Å². The van der Waals surface area contributed by atoms with Gasteiger partial charge in [-0.05, 0) is 38.5 Å². The van der Waals surface area contributed by atoms with Crippen LogP contribution in [0.4, 0.5) is 0 Å². The highest BCUT2D eigenvalue weighted by Crippen LogP contribution is 2.27. The molecule has 26 heavy (non-hydrogen) atoms. The second kappa shape index (κ2) is 8.17. The standard InChI is InChI=1S/C21H24O5/c1-16(2)19(22)26-21(23,25-18-13-9-6-10-14-18)15-24-20(3,4)17-11-7-5-8-12-17/h5-14,23H,1,15H2,2-4H3. The molecule has 0 amide bonds. The molecular formula is C21H24O5. The van der Waals surface area contributed by atoms with E-state index < -0.39 is 17.5 Å². The molecule has 0 aliphatic carbocycles. The van der Waals surface area contributed by atoms with Crippen molar-refractivity contribution in [3.05, 3.63) is 78.4 Å². The van der Waals surface area contributed by atoms with Crippen molar-refractivity contribution in [2.45, 2.75) is 32.3 Å². The van der Waals surface area contributed by atoms with Crippen LogP contribution in [-0.2, 0) is 19.9 Å². The summed E-state index contributed by atoms with van der Waals surface area (Å²) in [5.41, 5.74) is 0.320. The molecule has 0 radical (unpaired) electrons. The van der Waals surface area contributed by atoms with E-state index in [1.54, 1.807) is 30.3 Å². The number of rotatable bonds is 8. The molecule has 0 heterocycles. The lowest BCUT2D eigenvalue weighted by molar-refractivity contribution is -0.328. The summed E-state index contributed by atoms with van der Waals surface area (Å²) in [5.74, 6) is -2.72. The molecule has 2 rings (SSSR count). The minimum atomic E-state index is -2.29. The van der Waals surface area contributed by atoms with Crippen molar-refractivity contribution >= 4 is 5.97 Å². The second-order valence-corrected chi connectivity index (χ2v) is 6.46. The minimum Gasteiger partial charge on any atom is -0.428 e. The molecule has 1 atom stereocenters. The Kier molecular flexibility index (Phi) is 6.18. The predicted molar refractivity (Wildman–Crippen MR) is 98.3 cm³/mol. The van der Waals surface area contributed by atoms with Gasteiger partial charge in [0.15, 0.2) is 6.61 Å². The first-order valence-electron chi connectivity index (χ1n) is 8.27. The molecule has 0 fully saturated rings. The molecule has 5 nitrogen and oxygen atoms in total. The average Bonchev–Trinajstić information content (AvgIpc) is 2.62. The van der Waals surface area contributed by atoms with Gasteiger partial charge in [0, 0.05) is 5.57 Å². The van der Waals surface area contributed by atoms with Gasteiger partial charge >= 0.3 is 11.9 Å². The van der Waals surface area contributed by atoms with Gasteiger partial charge in [0.05, 0.1) is 5.60 Å². The summed E-state index contributed by atoms with van der Waals surface area (Å²) >= 11 is 0. The molecule has 2 aromatic rings. The van der Waals surface area contributed by atoms with Crippen molar-refractivity contribution in [1.29, 1.82) is 0 Å². The van der Waals surface area contributed by atoms with E-state index in [1.807, 2.05) is 44.2 Å². The molecule has 0 saturated heterocycles. The lowest BCUT2D eigenvalue weighted by Crippen LogP contribution is -2.47. The largest absolute Gasteiger partial charge is 0.428 e. The van der Waals surface area contributed by atoms with E-state index >= 15 is 0 Å². The van der Waals surface area contributed by atoms with Gasteiger partial charge in [-0.25, -0.2) is 4.79 Å². The van der Waals surface area contributed by atoms with Crippen LogP contribution < -0.4 is 4.74 Å². The summed E-state index contributed by atoms with van der Waals surface area (Å²) in [7, 11) is 0. The van der Waals surface area contributed by atoms with Crippen molar-refractivity contribution in [1.82, 2.24) is 0 Å². The first-order valence-corrected chi connectivity index (χ1v) is 8.27. The maximum absolute atomic E-state index is 11.9. The Bertz CT molecular complexity index is 740. The lowest BCUT2D eigenvalue weighted by Gasteiger charge is -2.32. The Morgan fingerprint density at radius 2 is 1.58 bits per heavy atom. The van der Waals surface area contributed by atoms with Crippen molar-refractivity contribution in [3.8, 4) is 5.75 Å². The molecule has 1 N–H and O–H groups in total. The number of ether oxygens (including phenoxy) is 3. The lowest BCUT2D eigenvalue weighted by atomic mass is 9.98. The number of carbonyl (C=O) groups is 1. The summed E-state index contributed by atoms with van der Waals surface area (Å²) in [5, 5.41) is 10.8. The Hall–Kier alpha value is -2.63. The summed E-state index contributed by atoms with van der Waals surface area (Å²) in [6, 6.07) is 18.1. The van der Waals surface area contributed by atoms with Crippen LogP contribution in [0.25, 0.3) is 0 Å². The van der Waals surface area contributed by atoms with Crippen LogP contribution in [0.1, 0.15) is 26.3 Å². The number of hydrogen-bond acceptors (Lipinski definition) is 5. The summed E-state index contributed by atoms with van der Waals surface area (Å²) in [6.07, 6.45) is 0. The highest BCUT2D eigenvalue weighted by atomic mass is 16.8. The third-order valence-electron chi connectivity index (χ3n) is 3.71. The number of esters is 1. The van der Waals surface area contributed by atoms with Gasteiger partial charge in [-0.3, -0.25) is 0 Å². The zero-order chi connectivity index (χ0) is 19.2. The molecule has 0 spiro atoms. The molecule has 0 aromatic heterocycles. The van der Waals surface area contributed by atoms with Crippen molar-refractivity contribution < 1.29 is 24.1 Å². The molecular weight excluding hydrogens is 332 g/mol. The Morgan fingerprint density at radius 3 is 2.12 bits per heavy atom. The van der Waals surface area contributed by atoms with E-state index in [4.69, 9.17) is 14.2 Å². The number of carbonyl (C=O) groups excluding carboxylic acids is 1. The van der Waals surface area contributed by atoms with E-state index in [0.717, 1.165) is 5.56 Å². The Morgan fingerprint density at radius 1 is 1.04 bits per heavy atom. The van der Waals surface area contributed by atoms with Crippen LogP contribution in [0.5, 0.6) is 5.75 Å². The van der Waals surface area contributed by atoms with Crippen molar-refractivity contribution in [2.75, 3.05) is 6.61 Å². The van der Waals surface area contributed by atoms with Gasteiger partial charge in [0.25, 0.3) is 0 Å². The highest BCUT2D eigenvalue weighted by Gasteiger charge is 2.38. The quantitative estimate of drug-likeness (QED) is 0.443. The molecule has 0 saturated carbocycles. The third kappa shape index (κ3) is 5.44. The van der Waals surface area contributed by atoms with Crippen molar-refractivity contribution in [2.24, 2.45) is 0 Å². The van der Waals surface area contributed by atoms with Crippen molar-refractivity contribution in [3.63, 3.8) is 0 Å². The normalized spacial score (nSPS) is 13.5. The minimum absolute atomic E-state index is 0.141. The van der Waals surface area contributed by atoms with Gasteiger partial charge in [-0.15, -0.1) is 0 Å². The maximum atomic E-state index is 11.9. The molecule has 5 heteroatoms. The van der Waals surface area contributed by atoms with Gasteiger partial charge in [-0.1, -0.05) is 55.1 Å². The number of aliphatic hydroxyl groups is 1.